The van der Waals surface area contributed by atoms with Gasteiger partial charge in [0.1, 0.15) is 5.60 Å². The lowest BCUT2D eigenvalue weighted by atomic mass is 10.0. The Labute approximate surface area is 145 Å². The van der Waals surface area contributed by atoms with Gasteiger partial charge in [-0.25, -0.2) is 4.79 Å². The number of ether oxygens (including phenoxy) is 1. The molecule has 4 nitrogen and oxygen atoms in total. The second kappa shape index (κ2) is 7.10. The number of halogens is 1. The molecule has 5 heteroatoms. The van der Waals surface area contributed by atoms with E-state index < -0.39 is 5.60 Å². The summed E-state index contributed by atoms with van der Waals surface area (Å²) in [4.78, 5) is 16.6. The minimum atomic E-state index is -0.409. The summed E-state index contributed by atoms with van der Waals surface area (Å²) in [6.45, 7) is 10.6. The van der Waals surface area contributed by atoms with Gasteiger partial charge in [-0.1, -0.05) is 30.3 Å². The summed E-state index contributed by atoms with van der Waals surface area (Å²) >= 11 is 0. The van der Waals surface area contributed by atoms with Gasteiger partial charge in [-0.3, -0.25) is 4.90 Å². The second-order valence-electron chi connectivity index (χ2n) is 7.59. The molecule has 2 saturated heterocycles. The number of hydrogen-bond donors (Lipinski definition) is 0. The molecule has 0 radical (unpaired) electrons. The molecule has 1 aromatic carbocycles. The average molecular weight is 339 g/mol. The van der Waals surface area contributed by atoms with Gasteiger partial charge in [0, 0.05) is 32.7 Å². The van der Waals surface area contributed by atoms with E-state index in [9.17, 15) is 4.79 Å². The molecular weight excluding hydrogens is 312 g/mol. The van der Waals surface area contributed by atoms with E-state index in [0.29, 0.717) is 11.8 Å². The number of hydrogen-bond acceptors (Lipinski definition) is 3. The molecule has 0 N–H and O–H groups in total. The first-order valence-corrected chi connectivity index (χ1v) is 8.15. The Bertz CT molecular complexity index is 516. The molecule has 128 valence electrons. The van der Waals surface area contributed by atoms with Crippen LogP contribution in [-0.4, -0.2) is 47.7 Å². The lowest BCUT2D eigenvalue weighted by Crippen LogP contribution is -2.37. The van der Waals surface area contributed by atoms with Crippen molar-refractivity contribution < 1.29 is 9.53 Å². The minimum absolute atomic E-state index is 0. The Morgan fingerprint density at radius 3 is 2.17 bits per heavy atom. The summed E-state index contributed by atoms with van der Waals surface area (Å²) in [6.07, 6.45) is -0.156. The first-order chi connectivity index (χ1) is 10.4. The van der Waals surface area contributed by atoms with Crippen LogP contribution < -0.4 is 0 Å². The molecule has 0 spiro atoms. The van der Waals surface area contributed by atoms with Gasteiger partial charge < -0.3 is 9.64 Å². The van der Waals surface area contributed by atoms with Gasteiger partial charge in [0.25, 0.3) is 0 Å². The van der Waals surface area contributed by atoms with Gasteiger partial charge in [0.05, 0.1) is 0 Å². The summed E-state index contributed by atoms with van der Waals surface area (Å²) in [5.74, 6) is 1.19. The van der Waals surface area contributed by atoms with E-state index in [1.165, 1.54) is 5.56 Å². The minimum Gasteiger partial charge on any atom is -0.444 e. The van der Waals surface area contributed by atoms with Crippen molar-refractivity contribution >= 4 is 18.5 Å². The van der Waals surface area contributed by atoms with Crippen LogP contribution in [0, 0.1) is 11.8 Å². The Balaban J connectivity index is 0.00000192. The Hall–Kier alpha value is -1.26. The number of rotatable bonds is 2. The highest BCUT2D eigenvalue weighted by atomic mass is 35.5. The summed E-state index contributed by atoms with van der Waals surface area (Å²) in [6, 6.07) is 10.6. The van der Waals surface area contributed by atoms with Crippen molar-refractivity contribution in [2.24, 2.45) is 11.8 Å². The second-order valence-corrected chi connectivity index (χ2v) is 7.59. The molecule has 0 unspecified atom stereocenters. The molecule has 23 heavy (non-hydrogen) atoms. The number of fused-ring (bicyclic) bond motifs is 1. The maximum Gasteiger partial charge on any atom is 0.410 e. The fraction of sp³-hybridized carbons (Fsp3) is 0.611. The molecule has 1 aromatic rings. The van der Waals surface area contributed by atoms with E-state index in [4.69, 9.17) is 4.74 Å². The third-order valence-electron chi connectivity index (χ3n) is 4.46. The van der Waals surface area contributed by atoms with Crippen molar-refractivity contribution in [2.45, 2.75) is 32.9 Å². The molecule has 0 aliphatic carbocycles. The summed E-state index contributed by atoms with van der Waals surface area (Å²) in [7, 11) is 0. The number of nitrogens with zero attached hydrogens (tertiary/aromatic N) is 2. The number of benzene rings is 1. The molecule has 3 rings (SSSR count). The Morgan fingerprint density at radius 2 is 1.65 bits per heavy atom. The SMILES string of the molecule is CC(C)(C)OC(=O)N1C[C@H]2CN(Cc3ccccc3)C[C@@H]2C1.Cl. The predicted molar refractivity (Wildman–Crippen MR) is 93.8 cm³/mol. The largest absolute Gasteiger partial charge is 0.444 e. The van der Waals surface area contributed by atoms with E-state index in [1.807, 2.05) is 25.7 Å². The third kappa shape index (κ3) is 4.61. The monoisotopic (exact) mass is 338 g/mol. The van der Waals surface area contributed by atoms with Crippen molar-refractivity contribution in [1.29, 1.82) is 0 Å². The standard InChI is InChI=1S/C18H26N2O2.ClH/c1-18(2,3)22-17(21)20-12-15-10-19(11-16(15)13-20)9-14-7-5-4-6-8-14;/h4-8,15-16H,9-13H2,1-3H3;1H/t15-,16-;/m1./s1. The maximum atomic E-state index is 12.2. The van der Waals surface area contributed by atoms with Gasteiger partial charge in [0.15, 0.2) is 0 Å². The normalized spacial score (nSPS) is 24.2. The first kappa shape index (κ1) is 18.1. The molecular formula is C18H27ClN2O2. The zero-order valence-electron chi connectivity index (χ0n) is 14.2. The van der Waals surface area contributed by atoms with Crippen LogP contribution in [0.4, 0.5) is 4.79 Å². The highest BCUT2D eigenvalue weighted by molar-refractivity contribution is 5.85. The average Bonchev–Trinajstić information content (AvgIpc) is 2.96. The van der Waals surface area contributed by atoms with Crippen LogP contribution in [0.2, 0.25) is 0 Å². The van der Waals surface area contributed by atoms with E-state index in [1.54, 1.807) is 0 Å². The summed E-state index contributed by atoms with van der Waals surface area (Å²) < 4.78 is 5.48. The first-order valence-electron chi connectivity index (χ1n) is 8.15. The molecule has 2 heterocycles. The van der Waals surface area contributed by atoms with Crippen LogP contribution in [0.5, 0.6) is 0 Å². The van der Waals surface area contributed by atoms with Crippen LogP contribution in [0.3, 0.4) is 0 Å². The molecule has 2 fully saturated rings. The van der Waals surface area contributed by atoms with Crippen LogP contribution in [0.1, 0.15) is 26.3 Å². The maximum absolute atomic E-state index is 12.2. The van der Waals surface area contributed by atoms with Gasteiger partial charge in [0.2, 0.25) is 0 Å². The molecule has 1 amide bonds. The van der Waals surface area contributed by atoms with Crippen LogP contribution >= 0.6 is 12.4 Å². The van der Waals surface area contributed by atoms with Crippen LogP contribution in [0.15, 0.2) is 30.3 Å². The number of carbonyl (C=O) groups excluding carboxylic acids is 1. The van der Waals surface area contributed by atoms with Crippen molar-refractivity contribution in [2.75, 3.05) is 26.2 Å². The Kier molecular flexibility index (Phi) is 5.58. The zero-order chi connectivity index (χ0) is 15.7. The van der Waals surface area contributed by atoms with Gasteiger partial charge >= 0.3 is 6.09 Å². The van der Waals surface area contributed by atoms with E-state index in [-0.39, 0.29) is 18.5 Å². The van der Waals surface area contributed by atoms with E-state index >= 15 is 0 Å². The van der Waals surface area contributed by atoms with Gasteiger partial charge in [-0.15, -0.1) is 12.4 Å². The molecule has 0 saturated carbocycles. The van der Waals surface area contributed by atoms with E-state index in [2.05, 4.69) is 35.2 Å². The van der Waals surface area contributed by atoms with Crippen molar-refractivity contribution in [3.8, 4) is 0 Å². The fourth-order valence-corrected chi connectivity index (χ4v) is 3.54. The quantitative estimate of drug-likeness (QED) is 0.828. The lowest BCUT2D eigenvalue weighted by molar-refractivity contribution is 0.0274. The fourth-order valence-electron chi connectivity index (χ4n) is 3.54. The number of carbonyl (C=O) groups is 1. The van der Waals surface area contributed by atoms with Crippen LogP contribution in [0.25, 0.3) is 0 Å². The number of likely N-dealkylation sites (tertiary alicyclic amines) is 2. The highest BCUT2D eigenvalue weighted by Crippen LogP contribution is 2.32. The molecule has 2 aliphatic rings. The van der Waals surface area contributed by atoms with Gasteiger partial charge in [-0.05, 0) is 38.2 Å². The van der Waals surface area contributed by atoms with Gasteiger partial charge in [-0.2, -0.15) is 0 Å². The molecule has 2 aliphatic heterocycles. The third-order valence-corrected chi connectivity index (χ3v) is 4.46. The lowest BCUT2D eigenvalue weighted by Gasteiger charge is -2.26. The highest BCUT2D eigenvalue weighted by Gasteiger charge is 2.42. The van der Waals surface area contributed by atoms with Crippen molar-refractivity contribution in [3.63, 3.8) is 0 Å². The van der Waals surface area contributed by atoms with Crippen molar-refractivity contribution in [3.05, 3.63) is 35.9 Å². The van der Waals surface area contributed by atoms with Crippen molar-refractivity contribution in [1.82, 2.24) is 9.80 Å². The molecule has 2 atom stereocenters. The summed E-state index contributed by atoms with van der Waals surface area (Å²) in [5.41, 5.74) is 0.959. The van der Waals surface area contributed by atoms with Crippen LogP contribution in [-0.2, 0) is 11.3 Å². The predicted octanol–water partition coefficient (Wildman–Crippen LogP) is 3.41. The topological polar surface area (TPSA) is 32.8 Å². The zero-order valence-corrected chi connectivity index (χ0v) is 15.0. The summed E-state index contributed by atoms with van der Waals surface area (Å²) in [5, 5.41) is 0. The molecule has 0 bridgehead atoms. The van der Waals surface area contributed by atoms with E-state index in [0.717, 1.165) is 32.7 Å². The molecule has 0 aromatic heterocycles. The Morgan fingerprint density at radius 1 is 1.09 bits per heavy atom. The smallest absolute Gasteiger partial charge is 0.410 e. The number of amides is 1.